The minimum Gasteiger partial charge on any atom is -0.371 e. The predicted octanol–water partition coefficient (Wildman–Crippen LogP) is 6.10. The molecule has 0 unspecified atom stereocenters. The van der Waals surface area contributed by atoms with E-state index >= 15 is 0 Å². The van der Waals surface area contributed by atoms with Gasteiger partial charge in [-0.15, -0.1) is 11.3 Å². The maximum absolute atomic E-state index is 6.18. The van der Waals surface area contributed by atoms with Crippen molar-refractivity contribution in [1.82, 2.24) is 9.97 Å². The minimum absolute atomic E-state index is 0.375. The number of ether oxygens (including phenoxy) is 1. The number of pyridine rings is 1. The maximum Gasteiger partial charge on any atom is 0.124 e. The van der Waals surface area contributed by atoms with Gasteiger partial charge in [-0.2, -0.15) is 0 Å². The number of benzene rings is 1. The summed E-state index contributed by atoms with van der Waals surface area (Å²) in [6.07, 6.45) is 2.74. The van der Waals surface area contributed by atoms with E-state index in [1.165, 1.54) is 0 Å². The summed E-state index contributed by atoms with van der Waals surface area (Å²) in [6, 6.07) is 9.54. The van der Waals surface area contributed by atoms with Crippen molar-refractivity contribution in [2.24, 2.45) is 0 Å². The van der Waals surface area contributed by atoms with E-state index in [0.717, 1.165) is 38.8 Å². The normalized spacial score (nSPS) is 11.0. The first-order valence-corrected chi connectivity index (χ1v) is 9.58. The first-order valence-electron chi connectivity index (χ1n) is 8.00. The zero-order valence-electron chi connectivity index (χ0n) is 14.1. The van der Waals surface area contributed by atoms with Crippen LogP contribution < -0.4 is 0 Å². The summed E-state index contributed by atoms with van der Waals surface area (Å²) in [5, 5.41) is 2.24. The van der Waals surface area contributed by atoms with Crippen LogP contribution in [-0.4, -0.2) is 9.97 Å². The summed E-state index contributed by atoms with van der Waals surface area (Å²) < 4.78 is 5.83. The fourth-order valence-corrected chi connectivity index (χ4v) is 3.91. The third-order valence-corrected chi connectivity index (χ3v) is 5.75. The lowest BCUT2D eigenvalue weighted by Gasteiger charge is -2.07. The van der Waals surface area contributed by atoms with Crippen molar-refractivity contribution in [3.8, 4) is 10.6 Å². The molecule has 3 aromatic rings. The molecular weight excluding hydrogens is 375 g/mol. The van der Waals surface area contributed by atoms with Crippen LogP contribution in [0.3, 0.4) is 0 Å². The first kappa shape index (κ1) is 18.3. The van der Waals surface area contributed by atoms with Gasteiger partial charge in [-0.1, -0.05) is 36.2 Å². The Hall–Kier alpha value is -1.46. The Morgan fingerprint density at radius 1 is 1.12 bits per heavy atom. The molecule has 6 heteroatoms. The molecule has 3 rings (SSSR count). The molecule has 0 saturated heterocycles. The molecule has 1 aromatic carbocycles. The van der Waals surface area contributed by atoms with Gasteiger partial charge in [0.2, 0.25) is 0 Å². The van der Waals surface area contributed by atoms with Crippen LogP contribution in [0.4, 0.5) is 0 Å². The second-order valence-corrected chi connectivity index (χ2v) is 7.51. The highest BCUT2D eigenvalue weighted by atomic mass is 35.5. The van der Waals surface area contributed by atoms with Crippen molar-refractivity contribution in [1.29, 1.82) is 0 Å². The van der Waals surface area contributed by atoms with Crippen molar-refractivity contribution < 1.29 is 4.74 Å². The van der Waals surface area contributed by atoms with Crippen LogP contribution in [0.25, 0.3) is 10.6 Å². The van der Waals surface area contributed by atoms with E-state index in [2.05, 4.69) is 23.0 Å². The van der Waals surface area contributed by atoms with Gasteiger partial charge in [0.25, 0.3) is 0 Å². The quantitative estimate of drug-likeness (QED) is 0.508. The summed E-state index contributed by atoms with van der Waals surface area (Å²) >= 11 is 14.0. The van der Waals surface area contributed by atoms with Gasteiger partial charge in [0.05, 0.1) is 23.8 Å². The van der Waals surface area contributed by atoms with E-state index in [0.29, 0.717) is 23.3 Å². The molecule has 0 aliphatic rings. The molecule has 0 saturated carbocycles. The smallest absolute Gasteiger partial charge is 0.124 e. The van der Waals surface area contributed by atoms with E-state index in [1.807, 2.05) is 37.4 Å². The molecule has 0 aliphatic heterocycles. The Morgan fingerprint density at radius 3 is 2.60 bits per heavy atom. The summed E-state index contributed by atoms with van der Waals surface area (Å²) in [5.41, 5.74) is 3.96. The Bertz CT molecular complexity index is 859. The van der Waals surface area contributed by atoms with Crippen molar-refractivity contribution in [2.45, 2.75) is 33.5 Å². The van der Waals surface area contributed by atoms with Gasteiger partial charge in [0, 0.05) is 33.1 Å². The topological polar surface area (TPSA) is 35.0 Å². The molecule has 2 heterocycles. The molecule has 2 aromatic heterocycles. The van der Waals surface area contributed by atoms with Crippen LogP contribution in [0.15, 0.2) is 36.5 Å². The van der Waals surface area contributed by atoms with Gasteiger partial charge in [-0.3, -0.25) is 4.98 Å². The standard InChI is InChI=1S/C19H18Cl2N2OS/c1-3-14-9-13(7-8-22-14)19-23-12(2)18(25-19)11-24-10-15-16(20)5-4-6-17(15)21/h4-9H,3,10-11H2,1-2H3. The van der Waals surface area contributed by atoms with Crippen molar-refractivity contribution in [3.05, 3.63) is 68.4 Å². The Kier molecular flexibility index (Phi) is 6.07. The Balaban J connectivity index is 1.71. The summed E-state index contributed by atoms with van der Waals surface area (Å²) in [5.74, 6) is 0. The number of aryl methyl sites for hydroxylation is 2. The molecule has 0 atom stereocenters. The molecule has 3 nitrogen and oxygen atoms in total. The SMILES string of the molecule is CCc1cc(-c2nc(C)c(COCc3c(Cl)cccc3Cl)s2)ccn1. The van der Waals surface area contributed by atoms with Crippen LogP contribution in [0, 0.1) is 6.92 Å². The second-order valence-electron chi connectivity index (χ2n) is 5.61. The molecule has 0 spiro atoms. The van der Waals surface area contributed by atoms with E-state index in [-0.39, 0.29) is 0 Å². The largest absolute Gasteiger partial charge is 0.371 e. The summed E-state index contributed by atoms with van der Waals surface area (Å²) in [4.78, 5) is 10.1. The minimum atomic E-state index is 0.375. The molecule has 0 bridgehead atoms. The van der Waals surface area contributed by atoms with Crippen LogP contribution in [-0.2, 0) is 24.4 Å². The van der Waals surface area contributed by atoms with Gasteiger partial charge in [0.15, 0.2) is 0 Å². The van der Waals surface area contributed by atoms with Crippen LogP contribution in [0.5, 0.6) is 0 Å². The monoisotopic (exact) mass is 392 g/mol. The highest BCUT2D eigenvalue weighted by Gasteiger charge is 2.11. The number of rotatable bonds is 6. The molecule has 0 aliphatic carbocycles. The third-order valence-electron chi connectivity index (χ3n) is 3.86. The number of thiazole rings is 1. The Morgan fingerprint density at radius 2 is 1.88 bits per heavy atom. The molecular formula is C19H18Cl2N2OS. The summed E-state index contributed by atoms with van der Waals surface area (Å²) in [6.45, 7) is 4.96. The molecule has 0 amide bonds. The van der Waals surface area contributed by atoms with Gasteiger partial charge in [-0.25, -0.2) is 4.98 Å². The van der Waals surface area contributed by atoms with Gasteiger partial charge in [-0.05, 0) is 37.6 Å². The molecule has 0 fully saturated rings. The zero-order valence-corrected chi connectivity index (χ0v) is 16.4. The van der Waals surface area contributed by atoms with Gasteiger partial charge in [0.1, 0.15) is 5.01 Å². The van der Waals surface area contributed by atoms with Crippen LogP contribution in [0.1, 0.15) is 28.8 Å². The number of nitrogens with zero attached hydrogens (tertiary/aromatic N) is 2. The first-order chi connectivity index (χ1) is 12.1. The predicted molar refractivity (Wildman–Crippen MR) is 104 cm³/mol. The number of aromatic nitrogens is 2. The highest BCUT2D eigenvalue weighted by molar-refractivity contribution is 7.15. The highest BCUT2D eigenvalue weighted by Crippen LogP contribution is 2.30. The number of hydrogen-bond acceptors (Lipinski definition) is 4. The van der Waals surface area contributed by atoms with E-state index < -0.39 is 0 Å². The van der Waals surface area contributed by atoms with E-state index in [4.69, 9.17) is 27.9 Å². The fourth-order valence-electron chi connectivity index (χ4n) is 2.41. The fraction of sp³-hybridized carbons (Fsp3) is 0.263. The molecule has 0 radical (unpaired) electrons. The van der Waals surface area contributed by atoms with E-state index in [1.54, 1.807) is 11.3 Å². The van der Waals surface area contributed by atoms with Gasteiger partial charge < -0.3 is 4.74 Å². The van der Waals surface area contributed by atoms with Crippen molar-refractivity contribution in [3.63, 3.8) is 0 Å². The zero-order chi connectivity index (χ0) is 17.8. The second kappa shape index (κ2) is 8.28. The lowest BCUT2D eigenvalue weighted by Crippen LogP contribution is -1.95. The van der Waals surface area contributed by atoms with Crippen LogP contribution in [0.2, 0.25) is 10.0 Å². The van der Waals surface area contributed by atoms with Crippen molar-refractivity contribution in [2.75, 3.05) is 0 Å². The molecule has 25 heavy (non-hydrogen) atoms. The summed E-state index contributed by atoms with van der Waals surface area (Å²) in [7, 11) is 0. The Labute approximate surface area is 161 Å². The average Bonchev–Trinajstić information content (AvgIpc) is 2.98. The number of hydrogen-bond donors (Lipinski definition) is 0. The van der Waals surface area contributed by atoms with Crippen LogP contribution >= 0.6 is 34.5 Å². The van der Waals surface area contributed by atoms with Gasteiger partial charge >= 0.3 is 0 Å². The van der Waals surface area contributed by atoms with Crippen molar-refractivity contribution >= 4 is 34.5 Å². The third kappa shape index (κ3) is 4.39. The average molecular weight is 393 g/mol. The maximum atomic E-state index is 6.18. The van der Waals surface area contributed by atoms with E-state index in [9.17, 15) is 0 Å². The molecule has 0 N–H and O–H groups in total. The number of halogens is 2. The molecule has 130 valence electrons. The lowest BCUT2D eigenvalue weighted by molar-refractivity contribution is 0.109. The lowest BCUT2D eigenvalue weighted by atomic mass is 10.2.